The van der Waals surface area contributed by atoms with Gasteiger partial charge in [-0.2, -0.15) is 0 Å². The SMILES string of the molecule is CCCCOc1c2n(cc(C(=O)NCc3ccc(F)cc3F)c1=O)C[C@@H]1OC[C@H](C)N1C2=O. The summed E-state index contributed by atoms with van der Waals surface area (Å²) in [7, 11) is 0. The Morgan fingerprint density at radius 3 is 2.82 bits per heavy atom. The number of carbonyl (C=O) groups excluding carboxylic acids is 2. The number of carbonyl (C=O) groups is 2. The number of hydrogen-bond donors (Lipinski definition) is 1. The van der Waals surface area contributed by atoms with E-state index >= 15 is 0 Å². The van der Waals surface area contributed by atoms with Crippen LogP contribution in [0.2, 0.25) is 0 Å². The van der Waals surface area contributed by atoms with Crippen LogP contribution in [0.25, 0.3) is 0 Å². The summed E-state index contributed by atoms with van der Waals surface area (Å²) in [5.41, 5.74) is -0.790. The minimum absolute atomic E-state index is 0.0707. The van der Waals surface area contributed by atoms with Crippen LogP contribution in [0, 0.1) is 11.6 Å². The molecule has 2 amide bonds. The molecule has 2 aromatic rings. The number of halogens is 2. The van der Waals surface area contributed by atoms with Crippen molar-refractivity contribution in [3.8, 4) is 5.75 Å². The Labute approximate surface area is 189 Å². The van der Waals surface area contributed by atoms with E-state index in [1.165, 1.54) is 16.8 Å². The van der Waals surface area contributed by atoms with Crippen LogP contribution in [-0.4, -0.2) is 46.8 Å². The maximum Gasteiger partial charge on any atom is 0.276 e. The van der Waals surface area contributed by atoms with Crippen molar-refractivity contribution in [2.75, 3.05) is 13.2 Å². The van der Waals surface area contributed by atoms with Gasteiger partial charge in [-0.1, -0.05) is 19.4 Å². The third-order valence-corrected chi connectivity index (χ3v) is 5.79. The zero-order chi connectivity index (χ0) is 23.7. The van der Waals surface area contributed by atoms with Crippen molar-refractivity contribution in [1.82, 2.24) is 14.8 Å². The first kappa shape index (κ1) is 22.9. The summed E-state index contributed by atoms with van der Waals surface area (Å²) in [6.45, 7) is 4.41. The molecule has 2 aliphatic heterocycles. The van der Waals surface area contributed by atoms with Gasteiger partial charge in [-0.05, 0) is 19.4 Å². The fourth-order valence-corrected chi connectivity index (χ4v) is 4.01. The molecule has 8 nitrogen and oxygen atoms in total. The zero-order valence-corrected chi connectivity index (χ0v) is 18.4. The first-order chi connectivity index (χ1) is 15.8. The standard InChI is InChI=1S/C23H25F2N3O5/c1-3-4-7-32-21-19-23(31)28-13(2)12-33-18(28)11-27(19)10-16(20(21)29)22(30)26-9-14-5-6-15(24)8-17(14)25/h5-6,8,10,13,18H,3-4,7,9,11-12H2,1-2H3,(H,26,30)/t13-,18-/m0/s1. The summed E-state index contributed by atoms with van der Waals surface area (Å²) >= 11 is 0. The largest absolute Gasteiger partial charge is 0.487 e. The van der Waals surface area contributed by atoms with Crippen molar-refractivity contribution in [2.45, 2.75) is 52.0 Å². The number of hydrogen-bond acceptors (Lipinski definition) is 5. The molecular formula is C23H25F2N3O5. The van der Waals surface area contributed by atoms with Crippen LogP contribution < -0.4 is 15.5 Å². The number of fused-ring (bicyclic) bond motifs is 2. The van der Waals surface area contributed by atoms with Crippen molar-refractivity contribution in [3.63, 3.8) is 0 Å². The molecule has 1 fully saturated rings. The van der Waals surface area contributed by atoms with Crippen molar-refractivity contribution in [1.29, 1.82) is 0 Å². The summed E-state index contributed by atoms with van der Waals surface area (Å²) < 4.78 is 39.9. The predicted molar refractivity (Wildman–Crippen MR) is 114 cm³/mol. The molecule has 1 N–H and O–H groups in total. The number of unbranched alkanes of at least 4 members (excludes halogenated alkanes) is 1. The molecule has 10 heteroatoms. The molecule has 0 spiro atoms. The van der Waals surface area contributed by atoms with Gasteiger partial charge in [-0.15, -0.1) is 0 Å². The molecule has 0 unspecified atom stereocenters. The van der Waals surface area contributed by atoms with Gasteiger partial charge in [0, 0.05) is 24.4 Å². The first-order valence-electron chi connectivity index (χ1n) is 10.9. The molecule has 33 heavy (non-hydrogen) atoms. The van der Waals surface area contributed by atoms with Crippen LogP contribution in [-0.2, 0) is 17.8 Å². The van der Waals surface area contributed by atoms with Crippen molar-refractivity contribution in [3.05, 3.63) is 63.1 Å². The van der Waals surface area contributed by atoms with E-state index in [-0.39, 0.29) is 54.2 Å². The van der Waals surface area contributed by atoms with E-state index in [0.717, 1.165) is 18.6 Å². The van der Waals surface area contributed by atoms with Crippen LogP contribution >= 0.6 is 0 Å². The maximum absolute atomic E-state index is 13.9. The van der Waals surface area contributed by atoms with Gasteiger partial charge in [-0.25, -0.2) is 8.78 Å². The minimum Gasteiger partial charge on any atom is -0.487 e. The molecule has 0 saturated carbocycles. The molecule has 2 aliphatic rings. The fourth-order valence-electron chi connectivity index (χ4n) is 4.01. The fraction of sp³-hybridized carbons (Fsp3) is 0.435. The number of pyridine rings is 1. The Balaban J connectivity index is 1.67. The number of nitrogens with zero attached hydrogens (tertiary/aromatic N) is 2. The number of aromatic nitrogens is 1. The number of ether oxygens (including phenoxy) is 2. The Morgan fingerprint density at radius 1 is 1.30 bits per heavy atom. The highest BCUT2D eigenvalue weighted by Gasteiger charge is 2.43. The molecule has 0 aliphatic carbocycles. The van der Waals surface area contributed by atoms with Crippen molar-refractivity contribution in [2.24, 2.45) is 0 Å². The summed E-state index contributed by atoms with van der Waals surface area (Å²) in [4.78, 5) is 40.8. The van der Waals surface area contributed by atoms with Crippen LogP contribution in [0.3, 0.4) is 0 Å². The summed E-state index contributed by atoms with van der Waals surface area (Å²) in [6, 6.07) is 2.87. The highest BCUT2D eigenvalue weighted by Crippen LogP contribution is 2.30. The summed E-state index contributed by atoms with van der Waals surface area (Å²) in [6.07, 6.45) is 2.29. The quantitative estimate of drug-likeness (QED) is 0.640. The highest BCUT2D eigenvalue weighted by molar-refractivity contribution is 5.99. The second kappa shape index (κ2) is 9.30. The normalized spacial score (nSPS) is 19.3. The Hall–Kier alpha value is -3.27. The lowest BCUT2D eigenvalue weighted by atomic mass is 10.1. The van der Waals surface area contributed by atoms with Gasteiger partial charge in [-0.3, -0.25) is 14.4 Å². The van der Waals surface area contributed by atoms with E-state index < -0.39 is 29.2 Å². The lowest BCUT2D eigenvalue weighted by molar-refractivity contribution is 0.00608. The third kappa shape index (κ3) is 4.35. The number of benzene rings is 1. The number of amides is 2. The average Bonchev–Trinajstić information content (AvgIpc) is 3.15. The summed E-state index contributed by atoms with van der Waals surface area (Å²) in [5, 5.41) is 2.49. The minimum atomic E-state index is -0.806. The van der Waals surface area contributed by atoms with Gasteiger partial charge in [0.25, 0.3) is 11.8 Å². The van der Waals surface area contributed by atoms with Crippen molar-refractivity contribution < 1.29 is 27.8 Å². The average molecular weight is 461 g/mol. The molecule has 1 aromatic carbocycles. The van der Waals surface area contributed by atoms with Crippen LogP contribution in [0.15, 0.2) is 29.2 Å². The second-order valence-corrected chi connectivity index (χ2v) is 8.17. The van der Waals surface area contributed by atoms with Gasteiger partial charge >= 0.3 is 0 Å². The number of rotatable bonds is 7. The molecule has 1 saturated heterocycles. The Bertz CT molecular complexity index is 1150. The van der Waals surface area contributed by atoms with Gasteiger partial charge in [0.1, 0.15) is 17.2 Å². The topological polar surface area (TPSA) is 89.9 Å². The monoisotopic (exact) mass is 461 g/mol. The van der Waals surface area contributed by atoms with Gasteiger partial charge in [0.15, 0.2) is 17.7 Å². The Morgan fingerprint density at radius 2 is 2.09 bits per heavy atom. The van der Waals surface area contributed by atoms with E-state index in [2.05, 4.69) is 5.32 Å². The van der Waals surface area contributed by atoms with Gasteiger partial charge in [0.05, 0.1) is 25.8 Å². The molecule has 1 aromatic heterocycles. The van der Waals surface area contributed by atoms with Crippen LogP contribution in [0.4, 0.5) is 8.78 Å². The van der Waals surface area contributed by atoms with E-state index in [1.807, 2.05) is 13.8 Å². The first-order valence-corrected chi connectivity index (χ1v) is 10.9. The molecule has 2 atom stereocenters. The maximum atomic E-state index is 13.9. The van der Waals surface area contributed by atoms with Gasteiger partial charge in [0.2, 0.25) is 5.43 Å². The highest BCUT2D eigenvalue weighted by atomic mass is 19.1. The van der Waals surface area contributed by atoms with E-state index in [4.69, 9.17) is 9.47 Å². The van der Waals surface area contributed by atoms with Crippen LogP contribution in [0.1, 0.15) is 53.1 Å². The zero-order valence-electron chi connectivity index (χ0n) is 18.4. The molecule has 0 bridgehead atoms. The van der Waals surface area contributed by atoms with E-state index in [0.29, 0.717) is 13.0 Å². The molecule has 0 radical (unpaired) electrons. The lowest BCUT2D eigenvalue weighted by Crippen LogP contribution is -2.49. The number of nitrogens with one attached hydrogen (secondary N) is 1. The smallest absolute Gasteiger partial charge is 0.276 e. The molecule has 176 valence electrons. The molecule has 4 rings (SSSR count). The van der Waals surface area contributed by atoms with Crippen molar-refractivity contribution >= 4 is 11.8 Å². The van der Waals surface area contributed by atoms with Crippen LogP contribution in [0.5, 0.6) is 5.75 Å². The van der Waals surface area contributed by atoms with Gasteiger partial charge < -0.3 is 24.3 Å². The lowest BCUT2D eigenvalue weighted by Gasteiger charge is -2.34. The molecule has 3 heterocycles. The predicted octanol–water partition coefficient (Wildman–Crippen LogP) is 2.44. The third-order valence-electron chi connectivity index (χ3n) is 5.79. The second-order valence-electron chi connectivity index (χ2n) is 8.17. The van der Waals surface area contributed by atoms with E-state index in [1.54, 1.807) is 4.90 Å². The van der Waals surface area contributed by atoms with E-state index in [9.17, 15) is 23.2 Å². The molecular weight excluding hydrogens is 436 g/mol. The summed E-state index contributed by atoms with van der Waals surface area (Å²) in [5.74, 6) is -2.85. The Kier molecular flexibility index (Phi) is 6.46.